The maximum Gasteiger partial charge on any atom is 0.215 e. The summed E-state index contributed by atoms with van der Waals surface area (Å²) in [5, 5.41) is 0. The molecule has 0 aliphatic heterocycles. The molecule has 1 aromatic carbocycles. The number of hydrogen-bond acceptors (Lipinski definition) is 2. The van der Waals surface area contributed by atoms with E-state index in [2.05, 4.69) is 20.8 Å². The second-order valence-electron chi connectivity index (χ2n) is 3.70. The molecule has 15 heavy (non-hydrogen) atoms. The van der Waals surface area contributed by atoms with E-state index in [1.807, 2.05) is 24.3 Å². The zero-order chi connectivity index (χ0) is 10.4. The fourth-order valence-corrected chi connectivity index (χ4v) is 1.58. The molecule has 1 unspecified atom stereocenters. The van der Waals surface area contributed by atoms with Gasteiger partial charge in [-0.3, -0.25) is 0 Å². The van der Waals surface area contributed by atoms with Crippen LogP contribution in [0.4, 0.5) is 0 Å². The van der Waals surface area contributed by atoms with Gasteiger partial charge >= 0.3 is 0 Å². The van der Waals surface area contributed by atoms with Gasteiger partial charge in [0.1, 0.15) is 5.75 Å². The van der Waals surface area contributed by atoms with E-state index >= 15 is 0 Å². The summed E-state index contributed by atoms with van der Waals surface area (Å²) >= 11 is 0. The zero-order valence-electron chi connectivity index (χ0n) is 9.32. The van der Waals surface area contributed by atoms with Crippen LogP contribution in [0.3, 0.4) is 0 Å². The third-order valence-corrected chi connectivity index (χ3v) is 2.26. The third-order valence-electron chi connectivity index (χ3n) is 1.66. The van der Waals surface area contributed by atoms with Crippen LogP contribution in [0.5, 0.6) is 5.75 Å². The summed E-state index contributed by atoms with van der Waals surface area (Å²) in [6, 6.07) is 7.98. The molecule has 1 atom stereocenters. The molecule has 0 aliphatic rings. The fraction of sp³-hybridized carbons (Fsp3) is 0.455. The number of benzene rings is 1. The first-order valence-electron chi connectivity index (χ1n) is 4.79. The Morgan fingerprint density at radius 2 is 1.80 bits per heavy atom. The van der Waals surface area contributed by atoms with Crippen LogP contribution in [-0.2, 0) is 4.52 Å². The van der Waals surface area contributed by atoms with Crippen molar-refractivity contribution in [3.8, 4) is 5.75 Å². The average molecular weight is 293 g/mol. The molecule has 0 saturated heterocycles. The van der Waals surface area contributed by atoms with Gasteiger partial charge in [0.25, 0.3) is 0 Å². The topological polar surface area (TPSA) is 18.5 Å². The largest absolute Gasteiger partial charge is 0.450 e. The van der Waals surface area contributed by atoms with Gasteiger partial charge in [-0.15, -0.1) is 17.0 Å². The van der Waals surface area contributed by atoms with E-state index in [4.69, 9.17) is 9.05 Å². The Bertz CT molecular complexity index is 262. The van der Waals surface area contributed by atoms with Gasteiger partial charge < -0.3 is 9.05 Å². The van der Waals surface area contributed by atoms with E-state index < -0.39 is 0 Å². The zero-order valence-corrected chi connectivity index (χ0v) is 12.0. The first-order valence-corrected chi connectivity index (χ1v) is 5.60. The van der Waals surface area contributed by atoms with Crippen molar-refractivity contribution < 1.29 is 9.05 Å². The first kappa shape index (κ1) is 14.9. The minimum absolute atomic E-state index is 0. The number of hydrogen-bond donors (Lipinski definition) is 0. The molecule has 2 nitrogen and oxygen atoms in total. The molecule has 0 radical (unpaired) electrons. The minimum Gasteiger partial charge on any atom is -0.450 e. The minimum atomic E-state index is 0. The highest BCUT2D eigenvalue weighted by molar-refractivity contribution is 8.93. The second kappa shape index (κ2) is 8.09. The van der Waals surface area contributed by atoms with E-state index in [-0.39, 0.29) is 26.0 Å². The predicted molar refractivity (Wildman–Crippen MR) is 71.2 cm³/mol. The van der Waals surface area contributed by atoms with Crippen LogP contribution in [-0.4, -0.2) is 6.61 Å². The van der Waals surface area contributed by atoms with Gasteiger partial charge in [0.15, 0.2) is 0 Å². The number of aryl methyl sites for hydroxylation is 1. The Morgan fingerprint density at radius 1 is 1.20 bits per heavy atom. The van der Waals surface area contributed by atoms with Crippen LogP contribution in [0.25, 0.3) is 0 Å². The fourth-order valence-electron chi connectivity index (χ4n) is 0.885. The van der Waals surface area contributed by atoms with Crippen molar-refractivity contribution in [2.75, 3.05) is 6.61 Å². The molecular weight excluding hydrogens is 275 g/mol. The maximum absolute atomic E-state index is 5.42. The van der Waals surface area contributed by atoms with E-state index in [0.717, 1.165) is 12.4 Å². The van der Waals surface area contributed by atoms with E-state index in [9.17, 15) is 0 Å². The van der Waals surface area contributed by atoms with Gasteiger partial charge in [0, 0.05) is 0 Å². The van der Waals surface area contributed by atoms with Crippen LogP contribution in [0.15, 0.2) is 24.3 Å². The summed E-state index contributed by atoms with van der Waals surface area (Å²) in [5.41, 5.74) is 1.24. The SMILES string of the molecule is Br.Cc1ccc(OPOCC(C)C)cc1. The molecule has 0 spiro atoms. The van der Waals surface area contributed by atoms with Crippen molar-refractivity contribution in [1.29, 1.82) is 0 Å². The molecule has 0 N–H and O–H groups in total. The molecule has 0 aliphatic carbocycles. The van der Waals surface area contributed by atoms with E-state index in [1.165, 1.54) is 5.56 Å². The predicted octanol–water partition coefficient (Wildman–Crippen LogP) is 4.13. The highest BCUT2D eigenvalue weighted by Crippen LogP contribution is 2.22. The van der Waals surface area contributed by atoms with Gasteiger partial charge in [0.2, 0.25) is 9.03 Å². The molecule has 0 bridgehead atoms. The van der Waals surface area contributed by atoms with Crippen molar-refractivity contribution in [2.45, 2.75) is 20.8 Å². The lowest BCUT2D eigenvalue weighted by molar-refractivity contribution is 0.283. The van der Waals surface area contributed by atoms with Gasteiger partial charge in [-0.1, -0.05) is 31.5 Å². The molecule has 0 aromatic heterocycles. The lowest BCUT2D eigenvalue weighted by atomic mass is 10.2. The van der Waals surface area contributed by atoms with Crippen molar-refractivity contribution in [2.24, 2.45) is 5.92 Å². The lowest BCUT2D eigenvalue weighted by Gasteiger charge is -2.07. The van der Waals surface area contributed by atoms with Gasteiger partial charge in [-0.2, -0.15) is 0 Å². The Hall–Kier alpha value is -0.110. The maximum atomic E-state index is 5.42. The molecular formula is C11H18BrO2P. The van der Waals surface area contributed by atoms with Gasteiger partial charge in [-0.05, 0) is 25.0 Å². The molecule has 1 rings (SSSR count). The number of rotatable bonds is 5. The molecule has 0 amide bonds. The summed E-state index contributed by atoms with van der Waals surface area (Å²) < 4.78 is 10.8. The first-order chi connectivity index (χ1) is 6.68. The summed E-state index contributed by atoms with van der Waals surface area (Å²) in [4.78, 5) is 0. The highest BCUT2D eigenvalue weighted by Gasteiger charge is 1.95. The van der Waals surface area contributed by atoms with E-state index in [0.29, 0.717) is 5.92 Å². The normalized spacial score (nSPS) is 10.7. The molecule has 0 saturated carbocycles. The van der Waals surface area contributed by atoms with Crippen molar-refractivity contribution in [3.05, 3.63) is 29.8 Å². The Balaban J connectivity index is 0.00000196. The van der Waals surface area contributed by atoms with Crippen LogP contribution in [0.2, 0.25) is 0 Å². The monoisotopic (exact) mass is 292 g/mol. The Labute approximate surface area is 104 Å². The van der Waals surface area contributed by atoms with Gasteiger partial charge in [0.05, 0.1) is 6.61 Å². The molecule has 86 valence electrons. The van der Waals surface area contributed by atoms with Crippen LogP contribution >= 0.6 is 26.0 Å². The summed E-state index contributed by atoms with van der Waals surface area (Å²) in [6.07, 6.45) is 0. The second-order valence-corrected chi connectivity index (χ2v) is 4.36. The van der Waals surface area contributed by atoms with Crippen LogP contribution < -0.4 is 4.52 Å². The Morgan fingerprint density at radius 3 is 2.33 bits per heavy atom. The summed E-state index contributed by atoms with van der Waals surface area (Å²) in [6.45, 7) is 7.05. The van der Waals surface area contributed by atoms with Crippen molar-refractivity contribution in [3.63, 3.8) is 0 Å². The summed E-state index contributed by atoms with van der Waals surface area (Å²) in [5.74, 6) is 1.43. The molecule has 0 heterocycles. The van der Waals surface area contributed by atoms with Gasteiger partial charge in [-0.25, -0.2) is 0 Å². The lowest BCUT2D eigenvalue weighted by Crippen LogP contribution is -1.96. The quantitative estimate of drug-likeness (QED) is 0.600. The van der Waals surface area contributed by atoms with Crippen molar-refractivity contribution in [1.82, 2.24) is 0 Å². The highest BCUT2D eigenvalue weighted by atomic mass is 79.9. The molecule has 1 aromatic rings. The van der Waals surface area contributed by atoms with Crippen LogP contribution in [0.1, 0.15) is 19.4 Å². The smallest absolute Gasteiger partial charge is 0.215 e. The number of halogens is 1. The van der Waals surface area contributed by atoms with Crippen LogP contribution in [0, 0.1) is 12.8 Å². The molecule has 4 heteroatoms. The molecule has 0 fully saturated rings. The standard InChI is InChI=1S/C11H17O2P.BrH/c1-9(2)8-12-14-13-11-6-4-10(3)5-7-11;/h4-7,9,14H,8H2,1-3H3;1H. The average Bonchev–Trinajstić information content (AvgIpc) is 2.15. The van der Waals surface area contributed by atoms with E-state index in [1.54, 1.807) is 0 Å². The third kappa shape index (κ3) is 6.88. The Kier molecular flexibility index (Phi) is 8.03. The van der Waals surface area contributed by atoms with Crippen molar-refractivity contribution >= 4 is 26.0 Å². The summed E-state index contributed by atoms with van der Waals surface area (Å²) in [7, 11) is 0.0992.